The van der Waals surface area contributed by atoms with Crippen molar-refractivity contribution in [1.29, 1.82) is 0 Å². The number of ether oxygens (including phenoxy) is 2. The molecule has 1 aliphatic rings. The Bertz CT molecular complexity index is 945. The van der Waals surface area contributed by atoms with Crippen LogP contribution < -0.4 is 9.47 Å². The predicted molar refractivity (Wildman–Crippen MR) is 101 cm³/mol. The standard InChI is InChI=1S/C21H22N2O4/c1-13-22-21(27-23-13)17-11-14(7-9-18(17)24)15-8-10-19(25-2)20(12-15)26-16-5-3-4-6-16/h7-12,16,24H,3-6H2,1-2H3. The summed E-state index contributed by atoms with van der Waals surface area (Å²) in [7, 11) is 1.65. The van der Waals surface area contributed by atoms with Crippen LogP contribution in [0.15, 0.2) is 40.9 Å². The number of phenols is 1. The normalized spacial score (nSPS) is 14.4. The van der Waals surface area contributed by atoms with Crippen LogP contribution in [0, 0.1) is 6.92 Å². The average molecular weight is 366 g/mol. The number of hydrogen-bond acceptors (Lipinski definition) is 6. The maximum Gasteiger partial charge on any atom is 0.261 e. The summed E-state index contributed by atoms with van der Waals surface area (Å²) in [6.07, 6.45) is 4.81. The van der Waals surface area contributed by atoms with Crippen molar-refractivity contribution in [2.24, 2.45) is 0 Å². The van der Waals surface area contributed by atoms with Crippen molar-refractivity contribution in [2.45, 2.75) is 38.7 Å². The number of aryl methyl sites for hydroxylation is 1. The van der Waals surface area contributed by atoms with E-state index >= 15 is 0 Å². The van der Waals surface area contributed by atoms with Gasteiger partial charge in [0.1, 0.15) is 5.75 Å². The SMILES string of the molecule is COc1ccc(-c2ccc(O)c(-c3nc(C)no3)c2)cc1OC1CCCC1. The summed E-state index contributed by atoms with van der Waals surface area (Å²) in [5.74, 6) is 2.37. The average Bonchev–Trinajstić information content (AvgIpc) is 3.34. The molecule has 1 heterocycles. The van der Waals surface area contributed by atoms with E-state index in [0.29, 0.717) is 17.3 Å². The quantitative estimate of drug-likeness (QED) is 0.702. The van der Waals surface area contributed by atoms with Crippen molar-refractivity contribution in [3.05, 3.63) is 42.2 Å². The first-order valence-electron chi connectivity index (χ1n) is 9.13. The molecule has 3 aromatic rings. The summed E-state index contributed by atoms with van der Waals surface area (Å²) >= 11 is 0. The molecular formula is C21H22N2O4. The van der Waals surface area contributed by atoms with Gasteiger partial charge in [0.25, 0.3) is 5.89 Å². The van der Waals surface area contributed by atoms with Gasteiger partial charge in [0, 0.05) is 0 Å². The van der Waals surface area contributed by atoms with Crippen LogP contribution in [-0.4, -0.2) is 28.5 Å². The summed E-state index contributed by atoms with van der Waals surface area (Å²) in [6.45, 7) is 1.74. The fourth-order valence-electron chi connectivity index (χ4n) is 3.43. The molecule has 140 valence electrons. The number of rotatable bonds is 5. The number of methoxy groups -OCH3 is 1. The predicted octanol–water partition coefficient (Wildman–Crippen LogP) is 4.75. The van der Waals surface area contributed by atoms with Gasteiger partial charge in [-0.15, -0.1) is 0 Å². The lowest BCUT2D eigenvalue weighted by Gasteiger charge is -2.17. The van der Waals surface area contributed by atoms with Crippen LogP contribution in [0.1, 0.15) is 31.5 Å². The van der Waals surface area contributed by atoms with Gasteiger partial charge in [-0.05, 0) is 68.0 Å². The fraction of sp³-hybridized carbons (Fsp3) is 0.333. The van der Waals surface area contributed by atoms with Crippen LogP contribution in [0.5, 0.6) is 17.2 Å². The Hall–Kier alpha value is -3.02. The number of hydrogen-bond donors (Lipinski definition) is 1. The summed E-state index contributed by atoms with van der Waals surface area (Å²) in [6, 6.07) is 11.2. The van der Waals surface area contributed by atoms with Gasteiger partial charge in [0.2, 0.25) is 0 Å². The van der Waals surface area contributed by atoms with Crippen LogP contribution in [0.3, 0.4) is 0 Å². The summed E-state index contributed by atoms with van der Waals surface area (Å²) in [4.78, 5) is 4.21. The second-order valence-electron chi connectivity index (χ2n) is 6.77. The molecule has 4 rings (SSSR count). The van der Waals surface area contributed by atoms with Gasteiger partial charge in [-0.2, -0.15) is 4.98 Å². The van der Waals surface area contributed by atoms with Crippen LogP contribution in [-0.2, 0) is 0 Å². The number of nitrogens with zero attached hydrogens (tertiary/aromatic N) is 2. The molecule has 6 heteroatoms. The van der Waals surface area contributed by atoms with Crippen LogP contribution in [0.25, 0.3) is 22.6 Å². The molecule has 0 aliphatic heterocycles. The molecule has 2 aromatic carbocycles. The van der Waals surface area contributed by atoms with Gasteiger partial charge in [-0.1, -0.05) is 17.3 Å². The summed E-state index contributed by atoms with van der Waals surface area (Å²) in [5, 5.41) is 14.0. The molecule has 27 heavy (non-hydrogen) atoms. The van der Waals surface area contributed by atoms with E-state index in [-0.39, 0.29) is 11.9 Å². The lowest BCUT2D eigenvalue weighted by molar-refractivity contribution is 0.201. The Balaban J connectivity index is 1.70. The van der Waals surface area contributed by atoms with E-state index in [2.05, 4.69) is 10.1 Å². The first-order valence-corrected chi connectivity index (χ1v) is 9.13. The third-order valence-electron chi connectivity index (χ3n) is 4.85. The van der Waals surface area contributed by atoms with E-state index in [1.807, 2.05) is 30.3 Å². The van der Waals surface area contributed by atoms with Gasteiger partial charge in [-0.25, -0.2) is 0 Å². The third-order valence-corrected chi connectivity index (χ3v) is 4.85. The Labute approximate surface area is 157 Å². The maximum absolute atomic E-state index is 10.2. The van der Waals surface area contributed by atoms with Crippen LogP contribution in [0.2, 0.25) is 0 Å². The zero-order valence-corrected chi connectivity index (χ0v) is 15.4. The molecule has 1 aromatic heterocycles. The Kier molecular flexibility index (Phi) is 4.71. The second-order valence-corrected chi connectivity index (χ2v) is 6.77. The monoisotopic (exact) mass is 366 g/mol. The molecule has 1 fully saturated rings. The largest absolute Gasteiger partial charge is 0.507 e. The molecule has 1 aliphatic carbocycles. The van der Waals surface area contributed by atoms with E-state index in [4.69, 9.17) is 14.0 Å². The van der Waals surface area contributed by atoms with Gasteiger partial charge in [-0.3, -0.25) is 0 Å². The van der Waals surface area contributed by atoms with E-state index in [0.717, 1.165) is 35.5 Å². The van der Waals surface area contributed by atoms with Gasteiger partial charge in [0.05, 0.1) is 18.8 Å². The molecule has 0 unspecified atom stereocenters. The summed E-state index contributed by atoms with van der Waals surface area (Å²) in [5.41, 5.74) is 2.38. The first kappa shape index (κ1) is 17.4. The van der Waals surface area contributed by atoms with Crippen molar-refractivity contribution < 1.29 is 19.1 Å². The topological polar surface area (TPSA) is 77.6 Å². The minimum absolute atomic E-state index is 0.0957. The minimum Gasteiger partial charge on any atom is -0.507 e. The third kappa shape index (κ3) is 3.60. The molecule has 0 saturated heterocycles. The Morgan fingerprint density at radius 2 is 1.78 bits per heavy atom. The lowest BCUT2D eigenvalue weighted by atomic mass is 10.0. The maximum atomic E-state index is 10.2. The van der Waals surface area contributed by atoms with E-state index in [1.54, 1.807) is 20.1 Å². The van der Waals surface area contributed by atoms with E-state index in [9.17, 15) is 5.11 Å². The lowest BCUT2D eigenvalue weighted by Crippen LogP contribution is -2.11. The number of aromatic nitrogens is 2. The fourth-order valence-corrected chi connectivity index (χ4v) is 3.43. The first-order chi connectivity index (χ1) is 13.1. The van der Waals surface area contributed by atoms with E-state index in [1.165, 1.54) is 12.8 Å². The highest BCUT2D eigenvalue weighted by Gasteiger charge is 2.19. The minimum atomic E-state index is 0.0957. The van der Waals surface area contributed by atoms with Crippen molar-refractivity contribution in [3.8, 4) is 39.8 Å². The molecule has 0 atom stereocenters. The highest BCUT2D eigenvalue weighted by atomic mass is 16.5. The molecule has 0 radical (unpaired) electrons. The van der Waals surface area contributed by atoms with Crippen molar-refractivity contribution in [2.75, 3.05) is 7.11 Å². The smallest absolute Gasteiger partial charge is 0.261 e. The van der Waals surface area contributed by atoms with Crippen LogP contribution in [0.4, 0.5) is 0 Å². The Morgan fingerprint density at radius 1 is 1.04 bits per heavy atom. The molecule has 0 bridgehead atoms. The number of aromatic hydroxyl groups is 1. The Morgan fingerprint density at radius 3 is 2.48 bits per heavy atom. The molecule has 0 amide bonds. The molecular weight excluding hydrogens is 344 g/mol. The van der Waals surface area contributed by atoms with Gasteiger partial charge in [0.15, 0.2) is 17.3 Å². The molecule has 1 N–H and O–H groups in total. The summed E-state index contributed by atoms with van der Waals surface area (Å²) < 4.78 is 16.9. The molecule has 6 nitrogen and oxygen atoms in total. The van der Waals surface area contributed by atoms with Crippen molar-refractivity contribution in [3.63, 3.8) is 0 Å². The molecule has 0 spiro atoms. The van der Waals surface area contributed by atoms with Gasteiger partial charge < -0.3 is 19.1 Å². The van der Waals surface area contributed by atoms with Gasteiger partial charge >= 0.3 is 0 Å². The number of phenolic OH excluding ortho intramolecular Hbond substituents is 1. The van der Waals surface area contributed by atoms with Crippen molar-refractivity contribution in [1.82, 2.24) is 10.1 Å². The van der Waals surface area contributed by atoms with Crippen molar-refractivity contribution >= 4 is 0 Å². The highest BCUT2D eigenvalue weighted by molar-refractivity contribution is 5.75. The number of benzene rings is 2. The zero-order chi connectivity index (χ0) is 18.8. The highest BCUT2D eigenvalue weighted by Crippen LogP contribution is 2.38. The zero-order valence-electron chi connectivity index (χ0n) is 15.4. The van der Waals surface area contributed by atoms with Crippen LogP contribution >= 0.6 is 0 Å². The van der Waals surface area contributed by atoms with E-state index < -0.39 is 0 Å². The second kappa shape index (κ2) is 7.31. The molecule has 1 saturated carbocycles.